The van der Waals surface area contributed by atoms with Crippen molar-refractivity contribution >= 4 is 6.21 Å². The average Bonchev–Trinajstić information content (AvgIpc) is 2.39. The molecule has 1 fully saturated rings. The molecule has 0 aliphatic heterocycles. The predicted molar refractivity (Wildman–Crippen MR) is 69.1 cm³/mol. The van der Waals surface area contributed by atoms with Crippen molar-refractivity contribution in [2.24, 2.45) is 4.99 Å². The maximum absolute atomic E-state index is 9.90. The molecule has 1 aliphatic carbocycles. The number of aliphatic imine (C=N–C) groups is 1. The smallest absolute Gasteiger partial charge is 0.166 e. The lowest BCUT2D eigenvalue weighted by Crippen LogP contribution is -2.09. The van der Waals surface area contributed by atoms with E-state index in [0.717, 1.165) is 5.56 Å². The van der Waals surface area contributed by atoms with E-state index in [2.05, 4.69) is 4.99 Å². The minimum atomic E-state index is 0.176. The fourth-order valence-electron chi connectivity index (χ4n) is 2.22. The van der Waals surface area contributed by atoms with Gasteiger partial charge >= 0.3 is 0 Å². The quantitative estimate of drug-likeness (QED) is 0.815. The van der Waals surface area contributed by atoms with Crippen LogP contribution in [0.25, 0.3) is 0 Å². The van der Waals surface area contributed by atoms with Gasteiger partial charge in [-0.3, -0.25) is 4.99 Å². The molecule has 2 rings (SSSR count). The summed E-state index contributed by atoms with van der Waals surface area (Å²) in [6, 6.07) is 5.88. The Kier molecular flexibility index (Phi) is 4.02. The molecule has 0 amide bonds. The molecule has 0 atom stereocenters. The van der Waals surface area contributed by atoms with Crippen LogP contribution in [0.15, 0.2) is 23.2 Å². The molecule has 0 heterocycles. The van der Waals surface area contributed by atoms with Crippen molar-refractivity contribution < 1.29 is 9.84 Å². The first-order valence-corrected chi connectivity index (χ1v) is 6.20. The molecule has 92 valence electrons. The van der Waals surface area contributed by atoms with Gasteiger partial charge < -0.3 is 9.84 Å². The molecular weight excluding hydrogens is 214 g/mol. The Morgan fingerprint density at radius 3 is 2.76 bits per heavy atom. The summed E-state index contributed by atoms with van der Waals surface area (Å²) < 4.78 is 5.07. The van der Waals surface area contributed by atoms with E-state index in [4.69, 9.17) is 4.74 Å². The Bertz CT molecular complexity index is 395. The van der Waals surface area contributed by atoms with Crippen LogP contribution in [0.2, 0.25) is 0 Å². The highest BCUT2D eigenvalue weighted by atomic mass is 16.5. The van der Waals surface area contributed by atoms with Gasteiger partial charge in [-0.25, -0.2) is 0 Å². The molecule has 0 saturated heterocycles. The number of phenols is 1. The normalized spacial score (nSPS) is 17.5. The molecule has 0 bridgehead atoms. The van der Waals surface area contributed by atoms with Gasteiger partial charge in [0.05, 0.1) is 7.11 Å². The standard InChI is InChI=1S/C14H19NO2/c1-17-13-9-5-6-11(14(13)16)10-15-12-7-3-2-4-8-12/h5-6,9-10,12,16H,2-4,7-8H2,1H3. The van der Waals surface area contributed by atoms with Crippen LogP contribution in [-0.2, 0) is 0 Å². The molecule has 3 nitrogen and oxygen atoms in total. The van der Waals surface area contributed by atoms with Crippen LogP contribution in [0.4, 0.5) is 0 Å². The van der Waals surface area contributed by atoms with E-state index in [1.165, 1.54) is 32.1 Å². The molecule has 1 saturated carbocycles. The molecule has 0 spiro atoms. The van der Waals surface area contributed by atoms with E-state index in [0.29, 0.717) is 11.8 Å². The Labute approximate surface area is 102 Å². The number of benzene rings is 1. The van der Waals surface area contributed by atoms with Gasteiger partial charge in [0.2, 0.25) is 0 Å². The minimum Gasteiger partial charge on any atom is -0.504 e. The van der Waals surface area contributed by atoms with Crippen LogP contribution >= 0.6 is 0 Å². The summed E-state index contributed by atoms with van der Waals surface area (Å²) in [6.45, 7) is 0. The van der Waals surface area contributed by atoms with Crippen LogP contribution in [0, 0.1) is 0 Å². The van der Waals surface area contributed by atoms with Crippen LogP contribution in [0.3, 0.4) is 0 Å². The minimum absolute atomic E-state index is 0.176. The van der Waals surface area contributed by atoms with Crippen molar-refractivity contribution in [1.82, 2.24) is 0 Å². The third-order valence-corrected chi connectivity index (χ3v) is 3.25. The van der Waals surface area contributed by atoms with E-state index >= 15 is 0 Å². The number of ether oxygens (including phenoxy) is 1. The molecule has 0 radical (unpaired) electrons. The van der Waals surface area contributed by atoms with Gasteiger partial charge in [-0.15, -0.1) is 0 Å². The lowest BCUT2D eigenvalue weighted by Gasteiger charge is -2.17. The number of hydrogen-bond donors (Lipinski definition) is 1. The van der Waals surface area contributed by atoms with Gasteiger partial charge in [0.1, 0.15) is 0 Å². The predicted octanol–water partition coefficient (Wildman–Crippen LogP) is 3.15. The topological polar surface area (TPSA) is 41.8 Å². The number of rotatable bonds is 3. The molecule has 1 N–H and O–H groups in total. The van der Waals surface area contributed by atoms with Crippen LogP contribution in [-0.4, -0.2) is 24.5 Å². The van der Waals surface area contributed by atoms with Crippen molar-refractivity contribution in [3.05, 3.63) is 23.8 Å². The summed E-state index contributed by atoms with van der Waals surface area (Å²) in [6.07, 6.45) is 7.98. The number of para-hydroxylation sites is 1. The molecule has 1 aromatic carbocycles. The SMILES string of the molecule is COc1cccc(C=NC2CCCCC2)c1O. The first kappa shape index (κ1) is 12.0. The zero-order valence-corrected chi connectivity index (χ0v) is 10.2. The molecule has 0 aromatic heterocycles. The highest BCUT2D eigenvalue weighted by molar-refractivity contribution is 5.84. The number of aromatic hydroxyl groups is 1. The summed E-state index contributed by atoms with van der Waals surface area (Å²) in [7, 11) is 1.55. The van der Waals surface area contributed by atoms with Crippen molar-refractivity contribution in [3.63, 3.8) is 0 Å². The summed E-state index contributed by atoms with van der Waals surface area (Å²) in [4.78, 5) is 4.55. The summed E-state index contributed by atoms with van der Waals surface area (Å²) in [5.41, 5.74) is 0.731. The fourth-order valence-corrected chi connectivity index (χ4v) is 2.22. The van der Waals surface area contributed by atoms with Crippen LogP contribution in [0.5, 0.6) is 11.5 Å². The van der Waals surface area contributed by atoms with Crippen molar-refractivity contribution in [3.8, 4) is 11.5 Å². The van der Waals surface area contributed by atoms with Gasteiger partial charge in [0.15, 0.2) is 11.5 Å². The zero-order chi connectivity index (χ0) is 12.1. The molecule has 17 heavy (non-hydrogen) atoms. The third kappa shape index (κ3) is 2.99. The van der Waals surface area contributed by atoms with Gasteiger partial charge in [0, 0.05) is 17.8 Å². The van der Waals surface area contributed by atoms with Gasteiger partial charge in [-0.2, -0.15) is 0 Å². The maximum atomic E-state index is 9.90. The first-order chi connectivity index (χ1) is 8.31. The second-order valence-electron chi connectivity index (χ2n) is 4.47. The van der Waals surface area contributed by atoms with Crippen molar-refractivity contribution in [1.29, 1.82) is 0 Å². The summed E-state index contributed by atoms with van der Waals surface area (Å²) in [5.74, 6) is 0.673. The third-order valence-electron chi connectivity index (χ3n) is 3.25. The van der Waals surface area contributed by atoms with Crippen molar-refractivity contribution in [2.45, 2.75) is 38.1 Å². The van der Waals surface area contributed by atoms with Gasteiger partial charge in [-0.05, 0) is 25.0 Å². The number of nitrogens with zero attached hydrogens (tertiary/aromatic N) is 1. The Balaban J connectivity index is 2.09. The van der Waals surface area contributed by atoms with Gasteiger partial charge in [0.25, 0.3) is 0 Å². The lowest BCUT2D eigenvalue weighted by atomic mass is 9.96. The largest absolute Gasteiger partial charge is 0.504 e. The second-order valence-corrected chi connectivity index (χ2v) is 4.47. The number of methoxy groups -OCH3 is 1. The van der Waals surface area contributed by atoms with Crippen molar-refractivity contribution in [2.75, 3.05) is 7.11 Å². The highest BCUT2D eigenvalue weighted by Crippen LogP contribution is 2.28. The summed E-state index contributed by atoms with van der Waals surface area (Å²) >= 11 is 0. The molecule has 0 unspecified atom stereocenters. The average molecular weight is 233 g/mol. The molecular formula is C14H19NO2. The monoisotopic (exact) mass is 233 g/mol. The molecule has 1 aromatic rings. The van der Waals surface area contributed by atoms with Crippen LogP contribution in [0.1, 0.15) is 37.7 Å². The maximum Gasteiger partial charge on any atom is 0.166 e. The van der Waals surface area contributed by atoms with E-state index in [9.17, 15) is 5.11 Å². The lowest BCUT2D eigenvalue weighted by molar-refractivity contribution is 0.373. The van der Waals surface area contributed by atoms with E-state index in [1.807, 2.05) is 12.1 Å². The highest BCUT2D eigenvalue weighted by Gasteiger charge is 2.11. The Morgan fingerprint density at radius 1 is 1.29 bits per heavy atom. The second kappa shape index (κ2) is 5.71. The Hall–Kier alpha value is -1.51. The summed E-state index contributed by atoms with van der Waals surface area (Å²) in [5, 5.41) is 9.90. The van der Waals surface area contributed by atoms with Crippen LogP contribution < -0.4 is 4.74 Å². The number of hydrogen-bond acceptors (Lipinski definition) is 3. The van der Waals surface area contributed by atoms with Gasteiger partial charge in [-0.1, -0.05) is 25.3 Å². The van der Waals surface area contributed by atoms with E-state index < -0.39 is 0 Å². The fraction of sp³-hybridized carbons (Fsp3) is 0.500. The molecule has 3 heteroatoms. The number of phenolic OH excluding ortho intramolecular Hbond substituents is 1. The molecule has 1 aliphatic rings. The Morgan fingerprint density at radius 2 is 2.06 bits per heavy atom. The first-order valence-electron chi connectivity index (χ1n) is 6.20. The van der Waals surface area contributed by atoms with E-state index in [-0.39, 0.29) is 5.75 Å². The van der Waals surface area contributed by atoms with E-state index in [1.54, 1.807) is 19.4 Å². The zero-order valence-electron chi connectivity index (χ0n) is 10.2.